The van der Waals surface area contributed by atoms with Crippen molar-refractivity contribution in [2.75, 3.05) is 26.2 Å². The van der Waals surface area contributed by atoms with E-state index in [0.717, 1.165) is 42.4 Å². The van der Waals surface area contributed by atoms with Gasteiger partial charge in [-0.3, -0.25) is 9.55 Å². The highest BCUT2D eigenvalue weighted by atomic mass is 32.2. The SMILES string of the molecule is O=c1[nH]c2ccccc2n1C1CCN(CCNS(=O)(=O)c2cccc3cccnc23)CC1. The Morgan fingerprint density at radius 2 is 1.81 bits per heavy atom. The summed E-state index contributed by atoms with van der Waals surface area (Å²) in [5, 5.41) is 0.796. The Morgan fingerprint density at radius 1 is 1.03 bits per heavy atom. The summed E-state index contributed by atoms with van der Waals surface area (Å²) in [6, 6.07) is 16.7. The van der Waals surface area contributed by atoms with Crippen LogP contribution >= 0.6 is 0 Å². The van der Waals surface area contributed by atoms with E-state index < -0.39 is 10.0 Å². The number of H-pyrrole nitrogens is 1. The first-order valence-electron chi connectivity index (χ1n) is 10.8. The quantitative estimate of drug-likeness (QED) is 0.469. The van der Waals surface area contributed by atoms with Gasteiger partial charge in [-0.1, -0.05) is 30.3 Å². The molecular formula is C23H25N5O3S. The largest absolute Gasteiger partial charge is 0.326 e. The number of aromatic nitrogens is 3. The predicted molar refractivity (Wildman–Crippen MR) is 124 cm³/mol. The normalized spacial score (nSPS) is 16.1. The van der Waals surface area contributed by atoms with Crippen LogP contribution in [0.2, 0.25) is 0 Å². The summed E-state index contributed by atoms with van der Waals surface area (Å²) < 4.78 is 30.3. The number of pyridine rings is 1. The molecule has 9 heteroatoms. The maximum atomic E-state index is 12.8. The number of nitrogens with zero attached hydrogens (tertiary/aromatic N) is 3. The van der Waals surface area contributed by atoms with Crippen molar-refractivity contribution in [3.8, 4) is 0 Å². The van der Waals surface area contributed by atoms with Gasteiger partial charge in [0.25, 0.3) is 0 Å². The van der Waals surface area contributed by atoms with Crippen LogP contribution in [0.1, 0.15) is 18.9 Å². The van der Waals surface area contributed by atoms with Gasteiger partial charge in [-0.05, 0) is 37.1 Å². The molecule has 0 bridgehead atoms. The second-order valence-electron chi connectivity index (χ2n) is 8.12. The highest BCUT2D eigenvalue weighted by molar-refractivity contribution is 7.89. The molecule has 3 heterocycles. The maximum Gasteiger partial charge on any atom is 0.326 e. The molecule has 0 aliphatic carbocycles. The number of para-hydroxylation sites is 3. The van der Waals surface area contributed by atoms with Crippen LogP contribution in [0, 0.1) is 0 Å². The van der Waals surface area contributed by atoms with Gasteiger partial charge in [0.2, 0.25) is 10.0 Å². The minimum absolute atomic E-state index is 0.0684. The molecule has 0 atom stereocenters. The number of likely N-dealkylation sites (tertiary alicyclic amines) is 1. The van der Waals surface area contributed by atoms with E-state index in [1.807, 2.05) is 41.0 Å². The predicted octanol–water partition coefficient (Wildman–Crippen LogP) is 2.49. The van der Waals surface area contributed by atoms with Gasteiger partial charge < -0.3 is 9.88 Å². The summed E-state index contributed by atoms with van der Waals surface area (Å²) >= 11 is 0. The molecule has 2 N–H and O–H groups in total. The zero-order valence-electron chi connectivity index (χ0n) is 17.6. The van der Waals surface area contributed by atoms with Crippen molar-refractivity contribution < 1.29 is 8.42 Å². The lowest BCUT2D eigenvalue weighted by Crippen LogP contribution is -2.41. The Morgan fingerprint density at radius 3 is 2.66 bits per heavy atom. The molecule has 1 fully saturated rings. The molecule has 1 aliphatic heterocycles. The van der Waals surface area contributed by atoms with Crippen LogP contribution in [-0.4, -0.2) is 54.0 Å². The van der Waals surface area contributed by atoms with Crippen LogP contribution in [0.4, 0.5) is 0 Å². The fourth-order valence-electron chi connectivity index (χ4n) is 4.55. The molecule has 2 aromatic carbocycles. The number of fused-ring (bicyclic) bond motifs is 2. The van der Waals surface area contributed by atoms with E-state index in [1.165, 1.54) is 0 Å². The fraction of sp³-hybridized carbons (Fsp3) is 0.304. The molecule has 1 saturated heterocycles. The van der Waals surface area contributed by atoms with E-state index in [9.17, 15) is 13.2 Å². The summed E-state index contributed by atoms with van der Waals surface area (Å²) in [5.74, 6) is 0. The number of benzene rings is 2. The average molecular weight is 452 g/mol. The second-order valence-corrected chi connectivity index (χ2v) is 9.85. The molecule has 32 heavy (non-hydrogen) atoms. The number of hydrogen-bond donors (Lipinski definition) is 2. The Kier molecular flexibility index (Phi) is 5.54. The summed E-state index contributed by atoms with van der Waals surface area (Å²) in [5.41, 5.74) is 2.21. The van der Waals surface area contributed by atoms with Gasteiger partial charge in [-0.25, -0.2) is 17.9 Å². The summed E-state index contributed by atoms with van der Waals surface area (Å²) in [7, 11) is -3.65. The van der Waals surface area contributed by atoms with Crippen molar-refractivity contribution in [2.45, 2.75) is 23.8 Å². The number of sulfonamides is 1. The molecule has 8 nitrogen and oxygen atoms in total. The topological polar surface area (TPSA) is 100 Å². The Balaban J connectivity index is 1.20. The first kappa shape index (κ1) is 20.9. The van der Waals surface area contributed by atoms with E-state index in [0.29, 0.717) is 18.6 Å². The number of nitrogens with one attached hydrogen (secondary N) is 2. The summed E-state index contributed by atoms with van der Waals surface area (Å²) in [4.78, 5) is 22.1. The zero-order chi connectivity index (χ0) is 22.1. The van der Waals surface area contributed by atoms with Crippen molar-refractivity contribution >= 4 is 32.0 Å². The molecule has 2 aromatic heterocycles. The fourth-order valence-corrected chi connectivity index (χ4v) is 5.75. The number of aromatic amines is 1. The highest BCUT2D eigenvalue weighted by Gasteiger charge is 2.24. The summed E-state index contributed by atoms with van der Waals surface area (Å²) in [6.45, 7) is 2.57. The van der Waals surface area contributed by atoms with E-state index in [1.54, 1.807) is 24.4 Å². The third kappa shape index (κ3) is 3.94. The number of hydrogen-bond acceptors (Lipinski definition) is 5. The van der Waals surface area contributed by atoms with E-state index in [2.05, 4.69) is 19.6 Å². The zero-order valence-corrected chi connectivity index (χ0v) is 18.4. The second kappa shape index (κ2) is 8.50. The van der Waals surface area contributed by atoms with Crippen molar-refractivity contribution in [1.29, 1.82) is 0 Å². The molecule has 1 aliphatic rings. The van der Waals surface area contributed by atoms with Gasteiger partial charge in [0.1, 0.15) is 4.90 Å². The van der Waals surface area contributed by atoms with Gasteiger partial charge >= 0.3 is 5.69 Å². The van der Waals surface area contributed by atoms with Crippen LogP contribution in [0.3, 0.4) is 0 Å². The molecule has 0 unspecified atom stereocenters. The Hall–Kier alpha value is -3.01. The standard InChI is InChI=1S/C23H25N5O3S/c29-23-26-19-7-1-2-8-20(19)28(23)18-10-14-27(15-11-18)16-13-25-32(30,31)21-9-3-5-17-6-4-12-24-22(17)21/h1-9,12,18,25H,10-11,13-16H2,(H,26,29). The van der Waals surface area contributed by atoms with Crippen molar-refractivity contribution in [2.24, 2.45) is 0 Å². The lowest BCUT2D eigenvalue weighted by atomic mass is 10.0. The minimum Gasteiger partial charge on any atom is -0.306 e. The molecule has 166 valence electrons. The number of imidazole rings is 1. The van der Waals surface area contributed by atoms with Crippen LogP contribution in [0.15, 0.2) is 70.5 Å². The van der Waals surface area contributed by atoms with E-state index in [-0.39, 0.29) is 16.6 Å². The number of rotatable bonds is 6. The molecular weight excluding hydrogens is 426 g/mol. The van der Waals surface area contributed by atoms with Crippen LogP contribution in [0.25, 0.3) is 21.9 Å². The van der Waals surface area contributed by atoms with E-state index >= 15 is 0 Å². The molecule has 4 aromatic rings. The van der Waals surface area contributed by atoms with Crippen molar-refractivity contribution in [1.82, 2.24) is 24.2 Å². The van der Waals surface area contributed by atoms with Gasteiger partial charge in [0.05, 0.1) is 16.6 Å². The Labute approximate surface area is 185 Å². The third-order valence-corrected chi connectivity index (χ3v) is 7.64. The van der Waals surface area contributed by atoms with Crippen LogP contribution in [-0.2, 0) is 10.0 Å². The van der Waals surface area contributed by atoms with Gasteiger partial charge in [0, 0.05) is 43.8 Å². The Bertz CT molecular complexity index is 1410. The maximum absolute atomic E-state index is 12.8. The van der Waals surface area contributed by atoms with Gasteiger partial charge in [0.15, 0.2) is 0 Å². The van der Waals surface area contributed by atoms with Crippen LogP contribution in [0.5, 0.6) is 0 Å². The smallest absolute Gasteiger partial charge is 0.306 e. The number of piperidine rings is 1. The first-order chi connectivity index (χ1) is 15.5. The lowest BCUT2D eigenvalue weighted by molar-refractivity contribution is 0.190. The molecule has 0 radical (unpaired) electrons. The van der Waals surface area contributed by atoms with Crippen LogP contribution < -0.4 is 10.4 Å². The highest BCUT2D eigenvalue weighted by Crippen LogP contribution is 2.25. The van der Waals surface area contributed by atoms with Crippen molar-refractivity contribution in [3.05, 3.63) is 71.3 Å². The monoisotopic (exact) mass is 451 g/mol. The summed E-state index contributed by atoms with van der Waals surface area (Å²) in [6.07, 6.45) is 3.30. The van der Waals surface area contributed by atoms with Crippen molar-refractivity contribution in [3.63, 3.8) is 0 Å². The first-order valence-corrected chi connectivity index (χ1v) is 12.3. The lowest BCUT2D eigenvalue weighted by Gasteiger charge is -2.32. The molecule has 0 saturated carbocycles. The molecule has 0 amide bonds. The molecule has 5 rings (SSSR count). The van der Waals surface area contributed by atoms with Gasteiger partial charge in [-0.2, -0.15) is 0 Å². The third-order valence-electron chi connectivity index (χ3n) is 6.15. The van der Waals surface area contributed by atoms with Gasteiger partial charge in [-0.15, -0.1) is 0 Å². The van der Waals surface area contributed by atoms with E-state index in [4.69, 9.17) is 0 Å². The average Bonchev–Trinajstić information content (AvgIpc) is 3.15. The minimum atomic E-state index is -3.65. The molecule has 0 spiro atoms.